The summed E-state index contributed by atoms with van der Waals surface area (Å²) in [7, 11) is 0. The van der Waals surface area contributed by atoms with Crippen molar-refractivity contribution in [3.8, 4) is 11.4 Å². The molecule has 1 atom stereocenters. The SMILES string of the molecule is CC(C)c1ccc(-c2noc([C@@H]3CCCN(C(=O)c4cccc(F)c4)C3)n2)cc1. The highest BCUT2D eigenvalue weighted by Crippen LogP contribution is 2.29. The number of aromatic nitrogens is 2. The van der Waals surface area contributed by atoms with E-state index in [0.717, 1.165) is 18.4 Å². The van der Waals surface area contributed by atoms with Gasteiger partial charge in [-0.3, -0.25) is 4.79 Å². The van der Waals surface area contributed by atoms with Crippen molar-refractivity contribution in [1.29, 1.82) is 0 Å². The Bertz CT molecular complexity index is 997. The standard InChI is InChI=1S/C23H24FN3O2/c1-15(2)16-8-10-17(11-9-16)21-25-22(29-26-21)19-6-4-12-27(14-19)23(28)18-5-3-7-20(24)13-18/h3,5,7-11,13,15,19H,4,6,12,14H2,1-2H3/t19-/m1/s1. The summed E-state index contributed by atoms with van der Waals surface area (Å²) in [4.78, 5) is 19.1. The summed E-state index contributed by atoms with van der Waals surface area (Å²) in [6.07, 6.45) is 1.72. The van der Waals surface area contributed by atoms with E-state index >= 15 is 0 Å². The van der Waals surface area contributed by atoms with Crippen molar-refractivity contribution in [2.75, 3.05) is 13.1 Å². The van der Waals surface area contributed by atoms with E-state index in [2.05, 4.69) is 36.1 Å². The first-order valence-corrected chi connectivity index (χ1v) is 10.00. The summed E-state index contributed by atoms with van der Waals surface area (Å²) in [5, 5.41) is 4.14. The maximum atomic E-state index is 13.5. The van der Waals surface area contributed by atoms with Crippen molar-refractivity contribution in [3.63, 3.8) is 0 Å². The Balaban J connectivity index is 1.48. The Morgan fingerprint density at radius 3 is 2.72 bits per heavy atom. The summed E-state index contributed by atoms with van der Waals surface area (Å²) in [6, 6.07) is 14.0. The summed E-state index contributed by atoms with van der Waals surface area (Å²) < 4.78 is 19.0. The van der Waals surface area contributed by atoms with Crippen LogP contribution in [0.25, 0.3) is 11.4 Å². The topological polar surface area (TPSA) is 59.2 Å². The number of carbonyl (C=O) groups excluding carboxylic acids is 1. The van der Waals surface area contributed by atoms with Gasteiger partial charge in [0.15, 0.2) is 0 Å². The highest BCUT2D eigenvalue weighted by Gasteiger charge is 2.29. The molecule has 6 heteroatoms. The highest BCUT2D eigenvalue weighted by atomic mass is 19.1. The van der Waals surface area contributed by atoms with Crippen molar-refractivity contribution in [1.82, 2.24) is 15.0 Å². The minimum Gasteiger partial charge on any atom is -0.339 e. The van der Waals surface area contributed by atoms with Crippen molar-refractivity contribution in [2.24, 2.45) is 0 Å². The lowest BCUT2D eigenvalue weighted by Gasteiger charge is -2.31. The van der Waals surface area contributed by atoms with Crippen LogP contribution >= 0.6 is 0 Å². The Labute approximate surface area is 169 Å². The smallest absolute Gasteiger partial charge is 0.253 e. The van der Waals surface area contributed by atoms with Crippen molar-refractivity contribution in [2.45, 2.75) is 38.5 Å². The van der Waals surface area contributed by atoms with E-state index < -0.39 is 5.82 Å². The zero-order valence-corrected chi connectivity index (χ0v) is 16.6. The molecule has 1 fully saturated rings. The molecule has 0 N–H and O–H groups in total. The average Bonchev–Trinajstić information content (AvgIpc) is 3.24. The zero-order valence-electron chi connectivity index (χ0n) is 16.6. The van der Waals surface area contributed by atoms with Crippen molar-refractivity contribution < 1.29 is 13.7 Å². The summed E-state index contributed by atoms with van der Waals surface area (Å²) in [6.45, 7) is 5.44. The second-order valence-corrected chi connectivity index (χ2v) is 7.83. The van der Waals surface area contributed by atoms with Gasteiger partial charge >= 0.3 is 0 Å². The predicted octanol–water partition coefficient (Wildman–Crippen LogP) is 5.02. The first kappa shape index (κ1) is 19.3. The molecule has 2 aromatic carbocycles. The third-order valence-electron chi connectivity index (χ3n) is 5.41. The summed E-state index contributed by atoms with van der Waals surface area (Å²) in [5.41, 5.74) is 2.53. The maximum Gasteiger partial charge on any atom is 0.253 e. The molecule has 150 valence electrons. The van der Waals surface area contributed by atoms with Gasteiger partial charge in [0.1, 0.15) is 5.82 Å². The van der Waals surface area contributed by atoms with Gasteiger partial charge < -0.3 is 9.42 Å². The van der Waals surface area contributed by atoms with Gasteiger partial charge in [-0.1, -0.05) is 49.3 Å². The molecule has 1 amide bonds. The molecule has 1 aliphatic heterocycles. The van der Waals surface area contributed by atoms with Crippen LogP contribution in [0.4, 0.5) is 4.39 Å². The van der Waals surface area contributed by atoms with Gasteiger partial charge in [-0.25, -0.2) is 4.39 Å². The number of amides is 1. The van der Waals surface area contributed by atoms with Gasteiger partial charge in [-0.2, -0.15) is 4.98 Å². The first-order valence-electron chi connectivity index (χ1n) is 10.00. The minimum atomic E-state index is -0.408. The van der Waals surface area contributed by atoms with E-state index in [-0.39, 0.29) is 11.8 Å². The second-order valence-electron chi connectivity index (χ2n) is 7.83. The zero-order chi connectivity index (χ0) is 20.4. The number of rotatable bonds is 4. The summed E-state index contributed by atoms with van der Waals surface area (Å²) >= 11 is 0. The van der Waals surface area contributed by atoms with Gasteiger partial charge in [-0.05, 0) is 42.5 Å². The molecule has 2 heterocycles. The largest absolute Gasteiger partial charge is 0.339 e. The van der Waals surface area contributed by atoms with Crippen LogP contribution < -0.4 is 0 Å². The lowest BCUT2D eigenvalue weighted by molar-refractivity contribution is 0.0695. The molecular weight excluding hydrogens is 369 g/mol. The van der Waals surface area contributed by atoms with Crippen LogP contribution in [0.5, 0.6) is 0 Å². The van der Waals surface area contributed by atoms with E-state index in [1.165, 1.54) is 17.7 Å². The number of halogens is 1. The number of hydrogen-bond donors (Lipinski definition) is 0. The molecule has 3 aromatic rings. The van der Waals surface area contributed by atoms with Gasteiger partial charge in [0.25, 0.3) is 5.91 Å². The number of benzene rings is 2. The normalized spacial score (nSPS) is 17.0. The lowest BCUT2D eigenvalue weighted by Crippen LogP contribution is -2.39. The van der Waals surface area contributed by atoms with Gasteiger partial charge in [0, 0.05) is 24.2 Å². The molecule has 4 rings (SSSR count). The van der Waals surface area contributed by atoms with Crippen LogP contribution in [0.1, 0.15) is 60.3 Å². The fourth-order valence-corrected chi connectivity index (χ4v) is 3.70. The molecule has 1 aromatic heterocycles. The number of hydrogen-bond acceptors (Lipinski definition) is 4. The maximum absolute atomic E-state index is 13.5. The third-order valence-corrected chi connectivity index (χ3v) is 5.41. The van der Waals surface area contributed by atoms with E-state index in [0.29, 0.717) is 36.3 Å². The van der Waals surface area contributed by atoms with Crippen LogP contribution in [0.2, 0.25) is 0 Å². The minimum absolute atomic E-state index is 0.0163. The Morgan fingerprint density at radius 2 is 2.00 bits per heavy atom. The van der Waals surface area contributed by atoms with Crippen LogP contribution in [0.3, 0.4) is 0 Å². The Morgan fingerprint density at radius 1 is 1.21 bits per heavy atom. The number of carbonyl (C=O) groups is 1. The summed E-state index contributed by atoms with van der Waals surface area (Å²) in [5.74, 6) is 0.979. The van der Waals surface area contributed by atoms with Gasteiger partial charge in [0.2, 0.25) is 11.7 Å². The molecule has 0 bridgehead atoms. The molecular formula is C23H24FN3O2. The third kappa shape index (κ3) is 4.21. The van der Waals surface area contributed by atoms with E-state index in [1.54, 1.807) is 17.0 Å². The van der Waals surface area contributed by atoms with Crippen LogP contribution in [0.15, 0.2) is 53.1 Å². The Kier molecular flexibility index (Phi) is 5.43. The quantitative estimate of drug-likeness (QED) is 0.625. The monoisotopic (exact) mass is 393 g/mol. The molecule has 1 saturated heterocycles. The lowest BCUT2D eigenvalue weighted by atomic mass is 9.97. The van der Waals surface area contributed by atoms with Gasteiger partial charge in [-0.15, -0.1) is 0 Å². The van der Waals surface area contributed by atoms with Crippen LogP contribution in [-0.2, 0) is 0 Å². The number of nitrogens with zero attached hydrogens (tertiary/aromatic N) is 3. The predicted molar refractivity (Wildman–Crippen MR) is 108 cm³/mol. The molecule has 0 saturated carbocycles. The average molecular weight is 393 g/mol. The second kappa shape index (κ2) is 8.15. The molecule has 0 unspecified atom stereocenters. The molecule has 0 spiro atoms. The van der Waals surface area contributed by atoms with Crippen LogP contribution in [0, 0.1) is 5.82 Å². The molecule has 0 radical (unpaired) electrons. The first-order chi connectivity index (χ1) is 14.0. The van der Waals surface area contributed by atoms with E-state index in [9.17, 15) is 9.18 Å². The molecule has 5 nitrogen and oxygen atoms in total. The fraction of sp³-hybridized carbons (Fsp3) is 0.348. The Hall–Kier alpha value is -3.02. The van der Waals surface area contributed by atoms with E-state index in [1.807, 2.05) is 12.1 Å². The number of piperidine rings is 1. The number of likely N-dealkylation sites (tertiary alicyclic amines) is 1. The molecule has 1 aliphatic rings. The highest BCUT2D eigenvalue weighted by molar-refractivity contribution is 5.94. The fourth-order valence-electron chi connectivity index (χ4n) is 3.70. The van der Waals surface area contributed by atoms with Gasteiger partial charge in [0.05, 0.1) is 5.92 Å². The van der Waals surface area contributed by atoms with Crippen LogP contribution in [-0.4, -0.2) is 34.0 Å². The molecule has 29 heavy (non-hydrogen) atoms. The van der Waals surface area contributed by atoms with E-state index in [4.69, 9.17) is 4.52 Å². The van der Waals surface area contributed by atoms with Crippen molar-refractivity contribution in [3.05, 3.63) is 71.4 Å². The molecule has 0 aliphatic carbocycles. The van der Waals surface area contributed by atoms with Crippen molar-refractivity contribution >= 4 is 5.91 Å².